The molecule has 0 aromatic heterocycles. The van der Waals surface area contributed by atoms with E-state index in [1.165, 1.54) is 11.1 Å². The predicted octanol–water partition coefficient (Wildman–Crippen LogP) is 5.33. The van der Waals surface area contributed by atoms with Crippen molar-refractivity contribution in [3.05, 3.63) is 65.7 Å². The monoisotopic (exact) mass is 292 g/mol. The lowest BCUT2D eigenvalue weighted by Crippen LogP contribution is -2.11. The SMILES string of the molecule is CC(C)(PCl)c1ccccc1OCc1ccccc1. The zero-order valence-corrected chi connectivity index (χ0v) is 12.9. The fourth-order valence-corrected chi connectivity index (χ4v) is 2.51. The van der Waals surface area contributed by atoms with E-state index in [9.17, 15) is 0 Å². The molecule has 1 nitrogen and oxygen atoms in total. The Hall–Kier alpha value is -1.04. The quantitative estimate of drug-likeness (QED) is 0.677. The van der Waals surface area contributed by atoms with Crippen LogP contribution in [-0.2, 0) is 11.8 Å². The van der Waals surface area contributed by atoms with Crippen molar-refractivity contribution in [3.8, 4) is 5.75 Å². The van der Waals surface area contributed by atoms with Crippen LogP contribution in [0.3, 0.4) is 0 Å². The first kappa shape index (κ1) is 14.4. The van der Waals surface area contributed by atoms with Gasteiger partial charge in [-0.05, 0) is 19.6 Å². The Morgan fingerprint density at radius 1 is 1.00 bits per heavy atom. The van der Waals surface area contributed by atoms with E-state index in [1.54, 1.807) is 0 Å². The molecule has 2 rings (SSSR count). The van der Waals surface area contributed by atoms with Crippen LogP contribution in [0.4, 0.5) is 0 Å². The molecule has 1 atom stereocenters. The van der Waals surface area contributed by atoms with Gasteiger partial charge in [-0.15, -0.1) is 0 Å². The highest BCUT2D eigenvalue weighted by Gasteiger charge is 2.23. The van der Waals surface area contributed by atoms with Crippen molar-refractivity contribution in [1.82, 2.24) is 0 Å². The summed E-state index contributed by atoms with van der Waals surface area (Å²) in [5.41, 5.74) is 2.34. The summed E-state index contributed by atoms with van der Waals surface area (Å²) < 4.78 is 5.96. The van der Waals surface area contributed by atoms with Gasteiger partial charge in [0.1, 0.15) is 12.4 Å². The lowest BCUT2D eigenvalue weighted by Gasteiger charge is -2.24. The Morgan fingerprint density at radius 2 is 1.63 bits per heavy atom. The fourth-order valence-electron chi connectivity index (χ4n) is 1.90. The van der Waals surface area contributed by atoms with Crippen molar-refractivity contribution in [1.29, 1.82) is 0 Å². The topological polar surface area (TPSA) is 9.23 Å². The number of hydrogen-bond acceptors (Lipinski definition) is 1. The highest BCUT2D eigenvalue weighted by molar-refractivity contribution is 7.69. The zero-order valence-electron chi connectivity index (χ0n) is 11.2. The Labute approximate surface area is 121 Å². The van der Waals surface area contributed by atoms with Gasteiger partial charge < -0.3 is 4.74 Å². The number of benzene rings is 2. The maximum absolute atomic E-state index is 6.09. The summed E-state index contributed by atoms with van der Waals surface area (Å²) in [6, 6.07) is 18.3. The Balaban J connectivity index is 2.17. The van der Waals surface area contributed by atoms with Gasteiger partial charge in [-0.3, -0.25) is 0 Å². The normalized spacial score (nSPS) is 11.9. The van der Waals surface area contributed by atoms with E-state index in [4.69, 9.17) is 16.0 Å². The third kappa shape index (κ3) is 3.72. The first-order valence-corrected chi connectivity index (χ1v) is 8.29. The third-order valence-electron chi connectivity index (χ3n) is 3.03. The first-order chi connectivity index (χ1) is 9.13. The lowest BCUT2D eigenvalue weighted by molar-refractivity contribution is 0.301. The van der Waals surface area contributed by atoms with Crippen LogP contribution in [-0.4, -0.2) is 0 Å². The molecule has 0 amide bonds. The molecular formula is C16H18ClOP. The lowest BCUT2D eigenvalue weighted by atomic mass is 10.0. The summed E-state index contributed by atoms with van der Waals surface area (Å²) in [6.45, 7) is 4.87. The van der Waals surface area contributed by atoms with Gasteiger partial charge in [0, 0.05) is 10.7 Å². The van der Waals surface area contributed by atoms with E-state index in [0.29, 0.717) is 14.5 Å². The summed E-state index contributed by atoms with van der Waals surface area (Å²) in [7, 11) is 0.321. The van der Waals surface area contributed by atoms with E-state index in [2.05, 4.69) is 32.0 Å². The van der Waals surface area contributed by atoms with Gasteiger partial charge in [0.25, 0.3) is 0 Å². The largest absolute Gasteiger partial charge is 0.489 e. The summed E-state index contributed by atoms with van der Waals surface area (Å²) in [6.07, 6.45) is 0. The van der Waals surface area contributed by atoms with Crippen molar-refractivity contribution in [2.24, 2.45) is 0 Å². The van der Waals surface area contributed by atoms with Crippen LogP contribution < -0.4 is 4.74 Å². The fraction of sp³-hybridized carbons (Fsp3) is 0.250. The molecule has 100 valence electrons. The molecule has 2 aromatic carbocycles. The molecule has 19 heavy (non-hydrogen) atoms. The number of ether oxygens (including phenoxy) is 1. The van der Waals surface area contributed by atoms with E-state index < -0.39 is 0 Å². The van der Waals surface area contributed by atoms with Gasteiger partial charge in [-0.25, -0.2) is 0 Å². The van der Waals surface area contributed by atoms with Crippen LogP contribution in [0.15, 0.2) is 54.6 Å². The molecule has 0 bridgehead atoms. The maximum Gasteiger partial charge on any atom is 0.123 e. The molecule has 0 saturated heterocycles. The molecule has 3 heteroatoms. The maximum atomic E-state index is 6.09. The van der Waals surface area contributed by atoms with Gasteiger partial charge in [-0.2, -0.15) is 0 Å². The zero-order chi connectivity index (χ0) is 13.7. The summed E-state index contributed by atoms with van der Waals surface area (Å²) in [5.74, 6) is 0.921. The van der Waals surface area contributed by atoms with E-state index in [-0.39, 0.29) is 5.16 Å². The van der Waals surface area contributed by atoms with Crippen LogP contribution in [0, 0.1) is 0 Å². The minimum absolute atomic E-state index is 0.0607. The van der Waals surface area contributed by atoms with Crippen molar-refractivity contribution >= 4 is 19.2 Å². The Morgan fingerprint density at radius 3 is 2.32 bits per heavy atom. The average Bonchev–Trinajstić information content (AvgIpc) is 2.46. The molecule has 0 heterocycles. The average molecular weight is 293 g/mol. The van der Waals surface area contributed by atoms with Crippen LogP contribution in [0.5, 0.6) is 5.75 Å². The molecule has 2 aromatic rings. The predicted molar refractivity (Wildman–Crippen MR) is 84.4 cm³/mol. The molecule has 0 aliphatic rings. The Bertz CT molecular complexity index is 525. The second-order valence-corrected chi connectivity index (χ2v) is 7.00. The van der Waals surface area contributed by atoms with Gasteiger partial charge in [0.15, 0.2) is 0 Å². The minimum Gasteiger partial charge on any atom is -0.489 e. The smallest absolute Gasteiger partial charge is 0.123 e. The molecule has 1 unspecified atom stereocenters. The molecule has 0 spiro atoms. The van der Waals surface area contributed by atoms with Gasteiger partial charge in [-0.1, -0.05) is 73.6 Å². The second kappa shape index (κ2) is 6.41. The Kier molecular flexibility index (Phi) is 4.85. The molecule has 0 radical (unpaired) electrons. The van der Waals surface area contributed by atoms with Crippen molar-refractivity contribution in [2.45, 2.75) is 25.6 Å². The molecule has 0 aliphatic heterocycles. The molecule has 0 aliphatic carbocycles. The van der Waals surface area contributed by atoms with Crippen molar-refractivity contribution in [2.75, 3.05) is 0 Å². The molecule has 0 saturated carbocycles. The van der Waals surface area contributed by atoms with E-state index >= 15 is 0 Å². The second-order valence-electron chi connectivity index (χ2n) is 4.99. The number of hydrogen-bond donors (Lipinski definition) is 0. The van der Waals surface area contributed by atoms with E-state index in [0.717, 1.165) is 5.75 Å². The summed E-state index contributed by atoms with van der Waals surface area (Å²) >= 11 is 6.09. The molecule has 0 fully saturated rings. The van der Waals surface area contributed by atoms with Crippen LogP contribution in [0.2, 0.25) is 0 Å². The van der Waals surface area contributed by atoms with Crippen LogP contribution in [0.1, 0.15) is 25.0 Å². The van der Waals surface area contributed by atoms with Crippen LogP contribution >= 0.6 is 19.2 Å². The highest BCUT2D eigenvalue weighted by Crippen LogP contribution is 2.47. The van der Waals surface area contributed by atoms with Crippen molar-refractivity contribution in [3.63, 3.8) is 0 Å². The van der Waals surface area contributed by atoms with E-state index in [1.807, 2.05) is 36.4 Å². The summed E-state index contributed by atoms with van der Waals surface area (Å²) in [4.78, 5) is 0. The van der Waals surface area contributed by atoms with Gasteiger partial charge >= 0.3 is 0 Å². The third-order valence-corrected chi connectivity index (χ3v) is 5.19. The standard InChI is InChI=1S/C16H18ClOP/c1-16(2,19-17)14-10-6-7-11-15(14)18-12-13-8-4-3-5-9-13/h3-11,19H,12H2,1-2H3. The molecular weight excluding hydrogens is 275 g/mol. The minimum atomic E-state index is -0.0607. The first-order valence-electron chi connectivity index (χ1n) is 6.27. The summed E-state index contributed by atoms with van der Waals surface area (Å²) in [5, 5.41) is -0.0607. The van der Waals surface area contributed by atoms with Gasteiger partial charge in [0.2, 0.25) is 0 Å². The highest BCUT2D eigenvalue weighted by atomic mass is 35.7. The molecule has 0 N–H and O–H groups in total. The van der Waals surface area contributed by atoms with Crippen LogP contribution in [0.25, 0.3) is 0 Å². The number of para-hydroxylation sites is 1. The number of halogens is 1. The number of rotatable bonds is 5. The van der Waals surface area contributed by atoms with Crippen molar-refractivity contribution < 1.29 is 4.74 Å². The van der Waals surface area contributed by atoms with Gasteiger partial charge in [0.05, 0.1) is 0 Å².